The van der Waals surface area contributed by atoms with Crippen molar-refractivity contribution in [3.63, 3.8) is 0 Å². The fourth-order valence-electron chi connectivity index (χ4n) is 2.73. The minimum Gasteiger partial charge on any atom is -0.508 e. The molecule has 1 atom stereocenters. The maximum atomic E-state index is 11.4. The van der Waals surface area contributed by atoms with Crippen LogP contribution < -0.4 is 4.72 Å². The van der Waals surface area contributed by atoms with Crippen molar-refractivity contribution in [2.45, 2.75) is 32.1 Å². The van der Waals surface area contributed by atoms with Gasteiger partial charge >= 0.3 is 0 Å². The summed E-state index contributed by atoms with van der Waals surface area (Å²) in [5.74, 6) is 0.189. The molecular weight excluding hydrogens is 310 g/mol. The third kappa shape index (κ3) is 5.28. The normalized spacial score (nSPS) is 12.8. The second-order valence-corrected chi connectivity index (χ2v) is 7.54. The Bertz CT molecular complexity index is 742. The minimum absolute atomic E-state index is 0.0612. The summed E-state index contributed by atoms with van der Waals surface area (Å²) in [6, 6.07) is 15.0. The van der Waals surface area contributed by atoms with Crippen LogP contribution in [0.15, 0.2) is 48.5 Å². The molecule has 0 fully saturated rings. The minimum atomic E-state index is -3.38. The first-order valence-corrected chi connectivity index (χ1v) is 9.65. The number of hydrogen-bond acceptors (Lipinski definition) is 3. The summed E-state index contributed by atoms with van der Waals surface area (Å²) in [6.07, 6.45) is 4.19. The first-order valence-electron chi connectivity index (χ1n) is 7.75. The highest BCUT2D eigenvalue weighted by molar-refractivity contribution is 7.92. The van der Waals surface area contributed by atoms with Crippen molar-refractivity contribution >= 4 is 15.7 Å². The number of rotatable bonds is 7. The number of nitrogens with one attached hydrogen (secondary N) is 1. The Morgan fingerprint density at radius 3 is 2.39 bits per heavy atom. The highest BCUT2D eigenvalue weighted by Gasteiger charge is 2.16. The summed E-state index contributed by atoms with van der Waals surface area (Å²) < 4.78 is 25.3. The molecule has 4 nitrogen and oxygen atoms in total. The number of sulfonamides is 1. The van der Waals surface area contributed by atoms with Crippen molar-refractivity contribution in [3.05, 3.63) is 59.7 Å². The molecule has 0 aromatic heterocycles. The zero-order valence-electron chi connectivity index (χ0n) is 13.5. The molecule has 23 heavy (non-hydrogen) atoms. The van der Waals surface area contributed by atoms with Gasteiger partial charge in [0.15, 0.2) is 0 Å². The number of unbranched alkanes of at least 4 members (excludes halogenated alkanes) is 1. The van der Waals surface area contributed by atoms with Crippen LogP contribution in [0.4, 0.5) is 5.69 Å². The third-order valence-electron chi connectivity index (χ3n) is 3.69. The molecule has 5 heteroatoms. The summed E-state index contributed by atoms with van der Waals surface area (Å²) in [6.45, 7) is 2.14. The molecule has 2 aromatic carbocycles. The number of anilines is 1. The number of phenolic OH excluding ortho intramolecular Hbond substituents is 1. The molecule has 2 aromatic rings. The van der Waals surface area contributed by atoms with E-state index < -0.39 is 10.0 Å². The van der Waals surface area contributed by atoms with Crippen LogP contribution in [-0.4, -0.2) is 19.8 Å². The van der Waals surface area contributed by atoms with Gasteiger partial charge in [0.1, 0.15) is 5.75 Å². The van der Waals surface area contributed by atoms with Crippen LogP contribution in [0, 0.1) is 0 Å². The zero-order chi connectivity index (χ0) is 16.9. The average molecular weight is 333 g/mol. The second-order valence-electron chi connectivity index (χ2n) is 5.79. The van der Waals surface area contributed by atoms with Crippen LogP contribution in [0.2, 0.25) is 0 Å². The molecule has 2 N–H and O–H groups in total. The topological polar surface area (TPSA) is 66.4 Å². The fourth-order valence-corrected chi connectivity index (χ4v) is 3.27. The Morgan fingerprint density at radius 2 is 1.78 bits per heavy atom. The van der Waals surface area contributed by atoms with Crippen molar-refractivity contribution in [2.75, 3.05) is 11.0 Å². The lowest BCUT2D eigenvalue weighted by Crippen LogP contribution is -2.10. The van der Waals surface area contributed by atoms with Gasteiger partial charge in [0, 0.05) is 12.0 Å². The van der Waals surface area contributed by atoms with Gasteiger partial charge in [-0.25, -0.2) is 8.42 Å². The van der Waals surface area contributed by atoms with E-state index in [0.29, 0.717) is 5.69 Å². The summed E-state index contributed by atoms with van der Waals surface area (Å²) in [4.78, 5) is 0. The van der Waals surface area contributed by atoms with Crippen molar-refractivity contribution in [3.8, 4) is 5.75 Å². The second kappa shape index (κ2) is 7.51. The van der Waals surface area contributed by atoms with Gasteiger partial charge < -0.3 is 5.11 Å². The van der Waals surface area contributed by atoms with Crippen LogP contribution in [0.25, 0.3) is 0 Å². The summed E-state index contributed by atoms with van der Waals surface area (Å²) >= 11 is 0. The highest BCUT2D eigenvalue weighted by atomic mass is 32.2. The molecule has 0 aliphatic rings. The quantitative estimate of drug-likeness (QED) is 0.802. The number of aromatic hydroxyl groups is 1. The van der Waals surface area contributed by atoms with Crippen molar-refractivity contribution in [1.82, 2.24) is 0 Å². The fraction of sp³-hybridized carbons (Fsp3) is 0.333. The molecule has 0 aliphatic carbocycles. The van der Waals surface area contributed by atoms with Gasteiger partial charge in [-0.3, -0.25) is 4.72 Å². The van der Waals surface area contributed by atoms with Gasteiger partial charge in [-0.2, -0.15) is 0 Å². The summed E-state index contributed by atoms with van der Waals surface area (Å²) in [7, 11) is -3.38. The van der Waals surface area contributed by atoms with E-state index in [4.69, 9.17) is 0 Å². The molecule has 1 unspecified atom stereocenters. The van der Waals surface area contributed by atoms with Crippen molar-refractivity contribution in [2.24, 2.45) is 0 Å². The van der Waals surface area contributed by atoms with Gasteiger partial charge in [0.25, 0.3) is 0 Å². The zero-order valence-corrected chi connectivity index (χ0v) is 14.3. The lowest BCUT2D eigenvalue weighted by atomic mass is 9.87. The molecule has 0 radical (unpaired) electrons. The van der Waals surface area contributed by atoms with E-state index in [1.54, 1.807) is 12.1 Å². The highest BCUT2D eigenvalue weighted by Crippen LogP contribution is 2.33. The SMILES string of the molecule is CCCCC(c1ccccc1)c1cc(O)cc(NS(C)(=O)=O)c1. The Balaban J connectivity index is 2.42. The van der Waals surface area contributed by atoms with Gasteiger partial charge in [-0.05, 0) is 29.7 Å². The molecule has 0 heterocycles. The van der Waals surface area contributed by atoms with E-state index in [1.165, 1.54) is 6.07 Å². The Kier molecular flexibility index (Phi) is 5.66. The standard InChI is InChI=1S/C18H23NO3S/c1-3-4-10-18(14-8-6-5-7-9-14)15-11-16(13-17(20)12-15)19-23(2,21)22/h5-9,11-13,18-20H,3-4,10H2,1-2H3. The van der Waals surface area contributed by atoms with Gasteiger partial charge in [0.2, 0.25) is 10.0 Å². The number of phenols is 1. The molecule has 0 saturated heterocycles. The summed E-state index contributed by atoms with van der Waals surface area (Å²) in [5, 5.41) is 9.98. The lowest BCUT2D eigenvalue weighted by molar-refractivity contribution is 0.474. The Hall–Kier alpha value is -2.01. The third-order valence-corrected chi connectivity index (χ3v) is 4.30. The van der Waals surface area contributed by atoms with E-state index in [0.717, 1.165) is 36.6 Å². The van der Waals surface area contributed by atoms with Crippen molar-refractivity contribution < 1.29 is 13.5 Å². The van der Waals surface area contributed by atoms with E-state index in [2.05, 4.69) is 23.8 Å². The Labute approximate surface area is 138 Å². The maximum Gasteiger partial charge on any atom is 0.229 e. The largest absolute Gasteiger partial charge is 0.508 e. The molecule has 0 bridgehead atoms. The smallest absolute Gasteiger partial charge is 0.229 e. The van der Waals surface area contributed by atoms with E-state index in [1.807, 2.05) is 18.2 Å². The van der Waals surface area contributed by atoms with E-state index >= 15 is 0 Å². The molecular formula is C18H23NO3S. The molecule has 124 valence electrons. The monoisotopic (exact) mass is 333 g/mol. The van der Waals surface area contributed by atoms with Crippen LogP contribution in [-0.2, 0) is 10.0 Å². The molecule has 0 saturated carbocycles. The van der Waals surface area contributed by atoms with Gasteiger partial charge in [-0.1, -0.05) is 50.1 Å². The molecule has 0 aliphatic heterocycles. The predicted molar refractivity (Wildman–Crippen MR) is 94.4 cm³/mol. The number of hydrogen-bond donors (Lipinski definition) is 2. The maximum absolute atomic E-state index is 11.4. The van der Waals surface area contributed by atoms with Crippen molar-refractivity contribution in [1.29, 1.82) is 0 Å². The first-order chi connectivity index (χ1) is 10.9. The van der Waals surface area contributed by atoms with Crippen LogP contribution in [0.5, 0.6) is 5.75 Å². The first kappa shape index (κ1) is 17.3. The van der Waals surface area contributed by atoms with Gasteiger partial charge in [0.05, 0.1) is 11.9 Å². The lowest BCUT2D eigenvalue weighted by Gasteiger charge is -2.19. The van der Waals surface area contributed by atoms with E-state index in [-0.39, 0.29) is 11.7 Å². The van der Waals surface area contributed by atoms with Crippen LogP contribution in [0.1, 0.15) is 43.2 Å². The van der Waals surface area contributed by atoms with Crippen LogP contribution in [0.3, 0.4) is 0 Å². The van der Waals surface area contributed by atoms with Crippen LogP contribution >= 0.6 is 0 Å². The summed E-state index contributed by atoms with van der Waals surface area (Å²) in [5.41, 5.74) is 2.47. The average Bonchev–Trinajstić information content (AvgIpc) is 2.46. The Morgan fingerprint density at radius 1 is 1.09 bits per heavy atom. The molecule has 0 amide bonds. The van der Waals surface area contributed by atoms with Gasteiger partial charge in [-0.15, -0.1) is 0 Å². The van der Waals surface area contributed by atoms with E-state index in [9.17, 15) is 13.5 Å². The predicted octanol–water partition coefficient (Wildman–Crippen LogP) is 4.09. The molecule has 0 spiro atoms. The number of benzene rings is 2. The molecule has 2 rings (SSSR count).